The Hall–Kier alpha value is -1.78. The van der Waals surface area contributed by atoms with Gasteiger partial charge in [-0.25, -0.2) is 4.39 Å². The van der Waals surface area contributed by atoms with E-state index in [-0.39, 0.29) is 18.2 Å². The zero-order valence-electron chi connectivity index (χ0n) is 13.5. The number of nitrogens with one attached hydrogen (secondary N) is 1. The fourth-order valence-corrected chi connectivity index (χ4v) is 2.32. The van der Waals surface area contributed by atoms with Crippen LogP contribution in [0.1, 0.15) is 18.1 Å². The number of benzene rings is 2. The first-order valence-corrected chi connectivity index (χ1v) is 7.49. The van der Waals surface area contributed by atoms with Crippen molar-refractivity contribution in [3.8, 4) is 11.5 Å². The predicted molar refractivity (Wildman–Crippen MR) is 93.2 cm³/mol. The normalized spacial score (nSPS) is 10.0. The maximum Gasteiger partial charge on any atom is 0.165 e. The molecule has 3 nitrogen and oxygen atoms in total. The molecule has 0 aliphatic heterocycles. The van der Waals surface area contributed by atoms with E-state index in [2.05, 4.69) is 5.32 Å². The van der Waals surface area contributed by atoms with Gasteiger partial charge in [0.15, 0.2) is 11.5 Å². The smallest absolute Gasteiger partial charge is 0.165 e. The van der Waals surface area contributed by atoms with Crippen LogP contribution < -0.4 is 14.8 Å². The van der Waals surface area contributed by atoms with Gasteiger partial charge in [0.2, 0.25) is 0 Å². The summed E-state index contributed by atoms with van der Waals surface area (Å²) in [6.07, 6.45) is 0.653. The van der Waals surface area contributed by atoms with Crippen molar-refractivity contribution in [1.29, 1.82) is 0 Å². The van der Waals surface area contributed by atoms with E-state index in [1.54, 1.807) is 13.2 Å². The molecule has 0 saturated heterocycles. The first-order valence-electron chi connectivity index (χ1n) is 7.49. The lowest BCUT2D eigenvalue weighted by atomic mass is 10.1. The highest BCUT2D eigenvalue weighted by Crippen LogP contribution is 2.30. The van der Waals surface area contributed by atoms with Gasteiger partial charge in [0.05, 0.1) is 13.7 Å². The van der Waals surface area contributed by atoms with Crippen LogP contribution in [0.15, 0.2) is 42.5 Å². The summed E-state index contributed by atoms with van der Waals surface area (Å²) in [5, 5.41) is 3.33. The van der Waals surface area contributed by atoms with E-state index in [4.69, 9.17) is 9.47 Å². The Morgan fingerprint density at radius 3 is 2.48 bits per heavy atom. The molecule has 126 valence electrons. The largest absolute Gasteiger partial charge is 0.493 e. The van der Waals surface area contributed by atoms with Crippen LogP contribution >= 0.6 is 12.4 Å². The first-order chi connectivity index (χ1) is 10.8. The zero-order chi connectivity index (χ0) is 15.8. The molecule has 0 heterocycles. The van der Waals surface area contributed by atoms with Crippen LogP contribution in [0.3, 0.4) is 0 Å². The van der Waals surface area contributed by atoms with Crippen molar-refractivity contribution >= 4 is 12.4 Å². The molecular weight excluding hydrogens is 317 g/mol. The number of hydrogen-bond acceptors (Lipinski definition) is 3. The molecule has 23 heavy (non-hydrogen) atoms. The number of hydrogen-bond donors (Lipinski definition) is 1. The molecule has 0 aliphatic carbocycles. The second kappa shape index (κ2) is 10.1. The van der Waals surface area contributed by atoms with Gasteiger partial charge >= 0.3 is 0 Å². The minimum atomic E-state index is -0.152. The van der Waals surface area contributed by atoms with Crippen molar-refractivity contribution in [3.05, 3.63) is 59.4 Å². The zero-order valence-corrected chi connectivity index (χ0v) is 14.3. The quantitative estimate of drug-likeness (QED) is 0.738. The Kier molecular flexibility index (Phi) is 8.45. The number of ether oxygens (including phenoxy) is 2. The summed E-state index contributed by atoms with van der Waals surface area (Å²) in [6.45, 7) is 3.88. The van der Waals surface area contributed by atoms with E-state index in [9.17, 15) is 4.39 Å². The molecule has 0 bridgehead atoms. The van der Waals surface area contributed by atoms with Crippen molar-refractivity contribution in [3.63, 3.8) is 0 Å². The SMILES string of the molecule is CCOc1c(CNCCc2ccccc2F)cccc1OC.Cl. The van der Waals surface area contributed by atoms with Crippen LogP contribution in [0.4, 0.5) is 4.39 Å². The molecule has 2 rings (SSSR count). The summed E-state index contributed by atoms with van der Waals surface area (Å²) in [7, 11) is 1.63. The van der Waals surface area contributed by atoms with E-state index in [1.807, 2.05) is 37.3 Å². The predicted octanol–water partition coefficient (Wildman–Crippen LogP) is 3.99. The van der Waals surface area contributed by atoms with Crippen LogP contribution in [0.25, 0.3) is 0 Å². The molecule has 0 atom stereocenters. The van der Waals surface area contributed by atoms with Gasteiger partial charge in [-0.05, 0) is 37.6 Å². The van der Waals surface area contributed by atoms with Crippen molar-refractivity contribution in [2.75, 3.05) is 20.3 Å². The van der Waals surface area contributed by atoms with Gasteiger partial charge in [0, 0.05) is 12.1 Å². The Balaban J connectivity index is 0.00000264. The third kappa shape index (κ3) is 5.41. The number of methoxy groups -OCH3 is 1. The third-order valence-electron chi connectivity index (χ3n) is 3.41. The molecule has 0 spiro atoms. The highest BCUT2D eigenvalue weighted by atomic mass is 35.5. The molecule has 0 saturated carbocycles. The monoisotopic (exact) mass is 339 g/mol. The molecule has 5 heteroatoms. The summed E-state index contributed by atoms with van der Waals surface area (Å²) >= 11 is 0. The second-order valence-corrected chi connectivity index (χ2v) is 4.90. The molecule has 0 aromatic heterocycles. The molecule has 0 radical (unpaired) electrons. The topological polar surface area (TPSA) is 30.5 Å². The summed E-state index contributed by atoms with van der Waals surface area (Å²) in [5.74, 6) is 1.35. The van der Waals surface area contributed by atoms with Crippen LogP contribution in [-0.4, -0.2) is 20.3 Å². The highest BCUT2D eigenvalue weighted by molar-refractivity contribution is 5.85. The second-order valence-electron chi connectivity index (χ2n) is 4.90. The maximum absolute atomic E-state index is 13.5. The Bertz CT molecular complexity index is 607. The van der Waals surface area contributed by atoms with Crippen molar-refractivity contribution in [1.82, 2.24) is 5.32 Å². The van der Waals surface area contributed by atoms with Gasteiger partial charge in [-0.2, -0.15) is 0 Å². The first kappa shape index (κ1) is 19.3. The van der Waals surface area contributed by atoms with Gasteiger partial charge in [-0.1, -0.05) is 30.3 Å². The Morgan fingerprint density at radius 1 is 1.04 bits per heavy atom. The van der Waals surface area contributed by atoms with Crippen molar-refractivity contribution < 1.29 is 13.9 Å². The lowest BCUT2D eigenvalue weighted by Crippen LogP contribution is -2.18. The molecule has 2 aromatic carbocycles. The number of para-hydroxylation sites is 1. The van der Waals surface area contributed by atoms with Crippen LogP contribution in [0, 0.1) is 5.82 Å². The Labute approximate surface area is 143 Å². The summed E-state index contributed by atoms with van der Waals surface area (Å²) in [6, 6.07) is 12.7. The van der Waals surface area contributed by atoms with Crippen molar-refractivity contribution in [2.45, 2.75) is 19.9 Å². The maximum atomic E-state index is 13.5. The van der Waals surface area contributed by atoms with E-state index in [0.29, 0.717) is 26.1 Å². The van der Waals surface area contributed by atoms with Gasteiger partial charge in [0.1, 0.15) is 5.82 Å². The average Bonchev–Trinajstić information content (AvgIpc) is 2.54. The third-order valence-corrected chi connectivity index (χ3v) is 3.41. The van der Waals surface area contributed by atoms with Gasteiger partial charge in [-0.3, -0.25) is 0 Å². The van der Waals surface area contributed by atoms with E-state index in [1.165, 1.54) is 6.07 Å². The van der Waals surface area contributed by atoms with Crippen LogP contribution in [0.5, 0.6) is 11.5 Å². The van der Waals surface area contributed by atoms with Gasteiger partial charge < -0.3 is 14.8 Å². The van der Waals surface area contributed by atoms with Gasteiger partial charge in [0.25, 0.3) is 0 Å². The molecule has 0 aliphatic rings. The van der Waals surface area contributed by atoms with Gasteiger partial charge in [-0.15, -0.1) is 12.4 Å². The lowest BCUT2D eigenvalue weighted by molar-refractivity contribution is 0.307. The molecular formula is C18H23ClFNO2. The molecule has 2 aromatic rings. The fraction of sp³-hybridized carbons (Fsp3) is 0.333. The van der Waals surface area contributed by atoms with E-state index in [0.717, 1.165) is 22.6 Å². The standard InChI is InChI=1S/C18H22FNO2.ClH/c1-3-22-18-15(8-6-10-17(18)21-2)13-20-12-11-14-7-4-5-9-16(14)19;/h4-10,20H,3,11-13H2,1-2H3;1H. The van der Waals surface area contributed by atoms with E-state index < -0.39 is 0 Å². The van der Waals surface area contributed by atoms with Crippen LogP contribution in [0.2, 0.25) is 0 Å². The average molecular weight is 340 g/mol. The lowest BCUT2D eigenvalue weighted by Gasteiger charge is -2.14. The molecule has 0 unspecified atom stereocenters. The van der Waals surface area contributed by atoms with E-state index >= 15 is 0 Å². The van der Waals surface area contributed by atoms with Crippen molar-refractivity contribution in [2.24, 2.45) is 0 Å². The highest BCUT2D eigenvalue weighted by Gasteiger charge is 2.09. The Morgan fingerprint density at radius 2 is 1.78 bits per heavy atom. The minimum Gasteiger partial charge on any atom is -0.493 e. The summed E-state index contributed by atoms with van der Waals surface area (Å²) in [4.78, 5) is 0. The molecule has 1 N–H and O–H groups in total. The molecule has 0 amide bonds. The minimum absolute atomic E-state index is 0. The summed E-state index contributed by atoms with van der Waals surface area (Å²) < 4.78 is 24.5. The fourth-order valence-electron chi connectivity index (χ4n) is 2.32. The van der Waals surface area contributed by atoms with Crippen LogP contribution in [-0.2, 0) is 13.0 Å². The number of halogens is 2. The summed E-state index contributed by atoms with van der Waals surface area (Å²) in [5.41, 5.74) is 1.76. The number of rotatable bonds is 8. The molecule has 0 fully saturated rings.